The zero-order valence-electron chi connectivity index (χ0n) is 6.67. The van der Waals surface area contributed by atoms with Crippen molar-refractivity contribution in [3.63, 3.8) is 0 Å². The van der Waals surface area contributed by atoms with E-state index in [1.807, 2.05) is 0 Å². The summed E-state index contributed by atoms with van der Waals surface area (Å²) >= 11 is 0. The second kappa shape index (κ2) is 2.56. The minimum atomic E-state index is -3.53. The number of hydrogen-bond donors (Lipinski definition) is 0. The number of benzene rings is 1. The van der Waals surface area contributed by atoms with Crippen LogP contribution in [0.2, 0.25) is 0 Å². The maximum Gasteiger partial charge on any atom is 0.266 e. The number of fused-ring (bicyclic) bond motifs is 1. The van der Waals surface area contributed by atoms with Crippen molar-refractivity contribution in [2.75, 3.05) is 0 Å². The van der Waals surface area contributed by atoms with Crippen LogP contribution in [0.4, 0.5) is 0 Å². The molecule has 2 rings (SSSR count). The summed E-state index contributed by atoms with van der Waals surface area (Å²) < 4.78 is 23.8. The molecule has 0 aliphatic carbocycles. The van der Waals surface area contributed by atoms with Gasteiger partial charge < -0.3 is 0 Å². The predicted octanol–water partition coefficient (Wildman–Crippen LogP) is 0.347. The van der Waals surface area contributed by atoms with E-state index in [-0.39, 0.29) is 11.4 Å². The smallest absolute Gasteiger partial charge is 0.266 e. The summed E-state index contributed by atoms with van der Waals surface area (Å²) in [5.74, 6) is 0. The molecule has 68 valence electrons. The van der Waals surface area contributed by atoms with E-state index in [2.05, 4.69) is 0 Å². The summed E-state index contributed by atoms with van der Waals surface area (Å²) in [7, 11) is -3.53. The SMILES string of the molecule is O=CN1Cc2ccccc2S1(=O)=O. The van der Waals surface area contributed by atoms with Crippen molar-refractivity contribution in [2.24, 2.45) is 0 Å². The maximum absolute atomic E-state index is 11.5. The first-order chi connectivity index (χ1) is 6.16. The van der Waals surface area contributed by atoms with Gasteiger partial charge in [-0.1, -0.05) is 18.2 Å². The molecule has 0 spiro atoms. The van der Waals surface area contributed by atoms with Gasteiger partial charge in [-0.2, -0.15) is 0 Å². The molecule has 0 saturated heterocycles. The van der Waals surface area contributed by atoms with Crippen molar-refractivity contribution in [1.82, 2.24) is 4.31 Å². The van der Waals surface area contributed by atoms with Gasteiger partial charge in [0.1, 0.15) is 0 Å². The van der Waals surface area contributed by atoms with E-state index in [4.69, 9.17) is 0 Å². The number of carbonyl (C=O) groups is 1. The molecule has 1 heterocycles. The van der Waals surface area contributed by atoms with Crippen LogP contribution in [0, 0.1) is 0 Å². The Hall–Kier alpha value is -1.36. The molecule has 0 N–H and O–H groups in total. The molecule has 0 unspecified atom stereocenters. The van der Waals surface area contributed by atoms with Crippen LogP contribution in [0.1, 0.15) is 5.56 Å². The van der Waals surface area contributed by atoms with Crippen molar-refractivity contribution in [3.8, 4) is 0 Å². The van der Waals surface area contributed by atoms with Crippen LogP contribution in [0.25, 0.3) is 0 Å². The molecule has 1 aliphatic heterocycles. The highest BCUT2D eigenvalue weighted by Gasteiger charge is 2.32. The van der Waals surface area contributed by atoms with Crippen molar-refractivity contribution in [3.05, 3.63) is 29.8 Å². The Kier molecular flexibility index (Phi) is 1.63. The number of sulfonamides is 1. The molecule has 1 aromatic rings. The topological polar surface area (TPSA) is 54.5 Å². The van der Waals surface area contributed by atoms with E-state index in [0.717, 1.165) is 4.31 Å². The van der Waals surface area contributed by atoms with Gasteiger partial charge in [0.05, 0.1) is 11.4 Å². The first-order valence-corrected chi connectivity index (χ1v) is 5.15. The molecule has 0 bridgehead atoms. The lowest BCUT2D eigenvalue weighted by Gasteiger charge is -2.05. The zero-order valence-corrected chi connectivity index (χ0v) is 7.49. The highest BCUT2D eigenvalue weighted by atomic mass is 32.2. The van der Waals surface area contributed by atoms with Crippen molar-refractivity contribution < 1.29 is 13.2 Å². The predicted molar refractivity (Wildman–Crippen MR) is 45.2 cm³/mol. The Morgan fingerprint density at radius 2 is 2.00 bits per heavy atom. The van der Waals surface area contributed by atoms with Crippen molar-refractivity contribution in [1.29, 1.82) is 0 Å². The first kappa shape index (κ1) is 8.25. The van der Waals surface area contributed by atoms with Crippen molar-refractivity contribution >= 4 is 16.4 Å². The van der Waals surface area contributed by atoms with Gasteiger partial charge in [-0.25, -0.2) is 12.7 Å². The molecule has 0 saturated carbocycles. The molecule has 0 atom stereocenters. The summed E-state index contributed by atoms with van der Waals surface area (Å²) in [4.78, 5) is 10.7. The largest absolute Gasteiger partial charge is 0.278 e. The Morgan fingerprint density at radius 1 is 1.31 bits per heavy atom. The van der Waals surface area contributed by atoms with E-state index in [9.17, 15) is 13.2 Å². The molecule has 1 amide bonds. The van der Waals surface area contributed by atoms with Crippen LogP contribution in [0.3, 0.4) is 0 Å². The third-order valence-corrected chi connectivity index (χ3v) is 3.79. The maximum atomic E-state index is 11.5. The summed E-state index contributed by atoms with van der Waals surface area (Å²) in [6, 6.07) is 6.61. The second-order valence-electron chi connectivity index (χ2n) is 2.76. The van der Waals surface area contributed by atoms with E-state index < -0.39 is 10.0 Å². The fourth-order valence-electron chi connectivity index (χ4n) is 1.36. The molecule has 0 aromatic heterocycles. The fourth-order valence-corrected chi connectivity index (χ4v) is 2.75. The molecule has 1 aromatic carbocycles. The van der Waals surface area contributed by atoms with Gasteiger partial charge in [0.25, 0.3) is 10.0 Å². The molecule has 5 heteroatoms. The minimum Gasteiger partial charge on any atom is -0.278 e. The van der Waals surface area contributed by atoms with Crippen LogP contribution in [0.5, 0.6) is 0 Å². The van der Waals surface area contributed by atoms with E-state index in [1.165, 1.54) is 6.07 Å². The number of hydrogen-bond acceptors (Lipinski definition) is 3. The second-order valence-corrected chi connectivity index (χ2v) is 4.62. The number of carbonyl (C=O) groups excluding carboxylic acids is 1. The van der Waals surface area contributed by atoms with E-state index >= 15 is 0 Å². The van der Waals surface area contributed by atoms with Crippen LogP contribution in [0.15, 0.2) is 29.2 Å². The monoisotopic (exact) mass is 197 g/mol. The number of amides is 1. The molecular weight excluding hydrogens is 190 g/mol. The normalized spacial score (nSPS) is 18.3. The van der Waals surface area contributed by atoms with Gasteiger partial charge in [-0.15, -0.1) is 0 Å². The molecular formula is C8H7NO3S. The van der Waals surface area contributed by atoms with Crippen LogP contribution in [-0.2, 0) is 21.4 Å². The minimum absolute atomic E-state index is 0.155. The zero-order chi connectivity index (χ0) is 9.47. The first-order valence-electron chi connectivity index (χ1n) is 3.71. The average Bonchev–Trinajstić information content (AvgIpc) is 2.39. The lowest BCUT2D eigenvalue weighted by Crippen LogP contribution is -2.22. The van der Waals surface area contributed by atoms with E-state index in [0.29, 0.717) is 12.0 Å². The Morgan fingerprint density at radius 3 is 2.62 bits per heavy atom. The number of rotatable bonds is 1. The van der Waals surface area contributed by atoms with Gasteiger partial charge in [-0.3, -0.25) is 4.79 Å². The Labute approximate surface area is 75.8 Å². The quantitative estimate of drug-likeness (QED) is 0.610. The summed E-state index contributed by atoms with van der Waals surface area (Å²) in [5.41, 5.74) is 0.676. The summed E-state index contributed by atoms with van der Waals surface area (Å²) in [6.45, 7) is 0.155. The lowest BCUT2D eigenvalue weighted by atomic mass is 10.2. The fraction of sp³-hybridized carbons (Fsp3) is 0.125. The molecule has 13 heavy (non-hydrogen) atoms. The summed E-state index contributed by atoms with van der Waals surface area (Å²) in [5, 5.41) is 0. The van der Waals surface area contributed by atoms with E-state index in [1.54, 1.807) is 18.2 Å². The molecule has 0 radical (unpaired) electrons. The summed E-state index contributed by atoms with van der Waals surface area (Å²) in [6.07, 6.45) is 0.343. The standard InChI is InChI=1S/C8H7NO3S/c10-6-9-5-7-3-1-2-4-8(7)13(9,11)12/h1-4,6H,5H2. The average molecular weight is 197 g/mol. The number of nitrogens with zero attached hydrogens (tertiary/aromatic N) is 1. The Balaban J connectivity index is 2.67. The molecule has 1 aliphatic rings. The lowest BCUT2D eigenvalue weighted by molar-refractivity contribution is -0.114. The van der Waals surface area contributed by atoms with Crippen LogP contribution < -0.4 is 0 Å². The highest BCUT2D eigenvalue weighted by Crippen LogP contribution is 2.28. The third-order valence-electron chi connectivity index (χ3n) is 2.00. The highest BCUT2D eigenvalue weighted by molar-refractivity contribution is 7.89. The Bertz CT molecular complexity index is 452. The molecule has 0 fully saturated rings. The third kappa shape index (κ3) is 1.04. The van der Waals surface area contributed by atoms with Gasteiger partial charge in [0.2, 0.25) is 6.41 Å². The van der Waals surface area contributed by atoms with Gasteiger partial charge in [0.15, 0.2) is 0 Å². The van der Waals surface area contributed by atoms with Gasteiger partial charge >= 0.3 is 0 Å². The van der Waals surface area contributed by atoms with Crippen LogP contribution in [-0.4, -0.2) is 19.1 Å². The van der Waals surface area contributed by atoms with Crippen molar-refractivity contribution in [2.45, 2.75) is 11.4 Å². The van der Waals surface area contributed by atoms with Gasteiger partial charge in [-0.05, 0) is 11.6 Å². The van der Waals surface area contributed by atoms with Gasteiger partial charge in [0, 0.05) is 0 Å². The van der Waals surface area contributed by atoms with Crippen LogP contribution >= 0.6 is 0 Å². The molecule has 4 nitrogen and oxygen atoms in total.